The van der Waals surface area contributed by atoms with E-state index in [4.69, 9.17) is 4.84 Å². The highest BCUT2D eigenvalue weighted by Crippen LogP contribution is 1.79. The molecule has 52 valence electrons. The molecule has 0 aliphatic carbocycles. The quantitative estimate of drug-likeness (QED) is 0.496. The Kier molecular flexibility index (Phi) is 9.28. The van der Waals surface area contributed by atoms with Crippen LogP contribution in [0.2, 0.25) is 0 Å². The van der Waals surface area contributed by atoms with E-state index in [-0.39, 0.29) is 5.48 Å². The van der Waals surface area contributed by atoms with Gasteiger partial charge in [0, 0.05) is 13.6 Å². The number of hydrogen-bond acceptors (Lipinski definition) is 2. The molecule has 0 radical (unpaired) electrons. The van der Waals surface area contributed by atoms with Crippen molar-refractivity contribution in [3.8, 4) is 0 Å². The Hall–Kier alpha value is -0.120. The van der Waals surface area contributed by atoms with Gasteiger partial charge in [-0.1, -0.05) is 6.92 Å². The molecule has 0 amide bonds. The maximum atomic E-state index is 5.02. The summed E-state index contributed by atoms with van der Waals surface area (Å²) in [6, 6.07) is 0. The van der Waals surface area contributed by atoms with Crippen LogP contribution in [-0.4, -0.2) is 30.7 Å². The third-order valence-electron chi connectivity index (χ3n) is 0.795. The van der Waals surface area contributed by atoms with Crippen molar-refractivity contribution in [2.75, 3.05) is 20.2 Å². The molecule has 0 heterocycles. The van der Waals surface area contributed by atoms with E-state index in [1.165, 1.54) is 0 Å². The normalized spacial score (nSPS) is 9.00. The first-order chi connectivity index (χ1) is 3.31. The van der Waals surface area contributed by atoms with Crippen molar-refractivity contribution >= 4 is 0 Å². The van der Waals surface area contributed by atoms with Gasteiger partial charge in [0.2, 0.25) is 0 Å². The SMILES string of the molecule is CCON(C)CC.O. The molecule has 3 heteroatoms. The molecule has 0 aliphatic heterocycles. The van der Waals surface area contributed by atoms with Gasteiger partial charge in [0.15, 0.2) is 0 Å². The predicted octanol–water partition coefficient (Wildman–Crippen LogP) is 0.0649. The fourth-order valence-electron chi connectivity index (χ4n) is 0.312. The lowest BCUT2D eigenvalue weighted by molar-refractivity contribution is -0.130. The zero-order valence-electron chi connectivity index (χ0n) is 5.77. The Morgan fingerprint density at radius 3 is 2.00 bits per heavy atom. The highest BCUT2D eigenvalue weighted by molar-refractivity contribution is 4.21. The molecule has 8 heavy (non-hydrogen) atoms. The van der Waals surface area contributed by atoms with E-state index in [9.17, 15) is 0 Å². The average Bonchev–Trinajstić information content (AvgIpc) is 1.68. The van der Waals surface area contributed by atoms with Gasteiger partial charge in [-0.25, -0.2) is 0 Å². The van der Waals surface area contributed by atoms with Crippen molar-refractivity contribution in [2.24, 2.45) is 0 Å². The average molecular weight is 121 g/mol. The van der Waals surface area contributed by atoms with E-state index in [1.807, 2.05) is 14.0 Å². The smallest absolute Gasteiger partial charge is 0.0656 e. The molecule has 0 aliphatic rings. The molecule has 0 fully saturated rings. The molecule has 2 N–H and O–H groups in total. The van der Waals surface area contributed by atoms with Crippen LogP contribution in [0.4, 0.5) is 0 Å². The molecule has 0 bridgehead atoms. The molecular formula is C5H15NO2. The summed E-state index contributed by atoms with van der Waals surface area (Å²) in [5.41, 5.74) is 0. The largest absolute Gasteiger partial charge is 0.412 e. The topological polar surface area (TPSA) is 44.0 Å². The fraction of sp³-hybridized carbons (Fsp3) is 1.00. The molecule has 0 saturated heterocycles. The standard InChI is InChI=1S/C5H13NO.H2O/c1-4-6(3)7-5-2;/h4-5H2,1-3H3;1H2. The van der Waals surface area contributed by atoms with Crippen molar-refractivity contribution < 1.29 is 10.3 Å². The Balaban J connectivity index is 0. The lowest BCUT2D eigenvalue weighted by Gasteiger charge is -2.10. The van der Waals surface area contributed by atoms with Crippen molar-refractivity contribution in [2.45, 2.75) is 13.8 Å². The van der Waals surface area contributed by atoms with Crippen molar-refractivity contribution in [1.29, 1.82) is 0 Å². The Morgan fingerprint density at radius 2 is 1.88 bits per heavy atom. The van der Waals surface area contributed by atoms with Gasteiger partial charge < -0.3 is 5.48 Å². The summed E-state index contributed by atoms with van der Waals surface area (Å²) in [7, 11) is 1.92. The van der Waals surface area contributed by atoms with Crippen LogP contribution in [0.15, 0.2) is 0 Å². The summed E-state index contributed by atoms with van der Waals surface area (Å²) in [6.07, 6.45) is 0. The van der Waals surface area contributed by atoms with Crippen LogP contribution in [-0.2, 0) is 4.84 Å². The van der Waals surface area contributed by atoms with E-state index in [0.29, 0.717) is 0 Å². The van der Waals surface area contributed by atoms with Gasteiger partial charge >= 0.3 is 0 Å². The first-order valence-corrected chi connectivity index (χ1v) is 2.65. The monoisotopic (exact) mass is 121 g/mol. The van der Waals surface area contributed by atoms with E-state index in [2.05, 4.69) is 6.92 Å². The van der Waals surface area contributed by atoms with Crippen molar-refractivity contribution in [3.05, 3.63) is 0 Å². The van der Waals surface area contributed by atoms with Gasteiger partial charge in [0.25, 0.3) is 0 Å². The van der Waals surface area contributed by atoms with Gasteiger partial charge in [0.05, 0.1) is 6.61 Å². The molecule has 0 saturated carbocycles. The summed E-state index contributed by atoms with van der Waals surface area (Å²) in [6.45, 7) is 5.75. The predicted molar refractivity (Wildman–Crippen MR) is 33.5 cm³/mol. The second-order valence-corrected chi connectivity index (χ2v) is 1.36. The van der Waals surface area contributed by atoms with E-state index in [0.717, 1.165) is 13.2 Å². The van der Waals surface area contributed by atoms with Gasteiger partial charge in [-0.2, -0.15) is 5.06 Å². The zero-order chi connectivity index (χ0) is 5.70. The van der Waals surface area contributed by atoms with Crippen LogP contribution in [0, 0.1) is 0 Å². The molecule has 0 atom stereocenters. The minimum Gasteiger partial charge on any atom is -0.412 e. The molecule has 0 rings (SSSR count). The van der Waals surface area contributed by atoms with Crippen LogP contribution in [0.5, 0.6) is 0 Å². The summed E-state index contributed by atoms with van der Waals surface area (Å²) in [5.74, 6) is 0. The van der Waals surface area contributed by atoms with Crippen molar-refractivity contribution in [3.63, 3.8) is 0 Å². The van der Waals surface area contributed by atoms with Crippen LogP contribution in [0.25, 0.3) is 0 Å². The highest BCUT2D eigenvalue weighted by Gasteiger charge is 1.86. The maximum Gasteiger partial charge on any atom is 0.0656 e. The van der Waals surface area contributed by atoms with E-state index in [1.54, 1.807) is 5.06 Å². The zero-order valence-corrected chi connectivity index (χ0v) is 5.77. The minimum absolute atomic E-state index is 0. The molecule has 3 nitrogen and oxygen atoms in total. The minimum atomic E-state index is 0. The molecule has 0 spiro atoms. The van der Waals surface area contributed by atoms with Crippen molar-refractivity contribution in [1.82, 2.24) is 5.06 Å². The Morgan fingerprint density at radius 1 is 1.38 bits per heavy atom. The molecule has 0 aromatic heterocycles. The van der Waals surface area contributed by atoms with Gasteiger partial charge in [0.1, 0.15) is 0 Å². The molecular weight excluding hydrogens is 106 g/mol. The van der Waals surface area contributed by atoms with E-state index >= 15 is 0 Å². The maximum absolute atomic E-state index is 5.02. The first kappa shape index (κ1) is 10.8. The summed E-state index contributed by atoms with van der Waals surface area (Å²) < 4.78 is 0. The third kappa shape index (κ3) is 5.88. The van der Waals surface area contributed by atoms with Crippen LogP contribution < -0.4 is 0 Å². The number of hydroxylamine groups is 2. The lowest BCUT2D eigenvalue weighted by Crippen LogP contribution is -2.17. The second-order valence-electron chi connectivity index (χ2n) is 1.36. The fourth-order valence-corrected chi connectivity index (χ4v) is 0.312. The molecule has 0 aromatic carbocycles. The number of nitrogens with zero attached hydrogens (tertiary/aromatic N) is 1. The van der Waals surface area contributed by atoms with Crippen LogP contribution in [0.1, 0.15) is 13.8 Å². The molecule has 0 unspecified atom stereocenters. The summed E-state index contributed by atoms with van der Waals surface area (Å²) in [4.78, 5) is 5.02. The highest BCUT2D eigenvalue weighted by atomic mass is 16.7. The van der Waals surface area contributed by atoms with Gasteiger partial charge in [-0.3, -0.25) is 4.84 Å². The van der Waals surface area contributed by atoms with Gasteiger partial charge in [-0.15, -0.1) is 0 Å². The third-order valence-corrected chi connectivity index (χ3v) is 0.795. The second kappa shape index (κ2) is 6.88. The van der Waals surface area contributed by atoms with Crippen LogP contribution >= 0.6 is 0 Å². The summed E-state index contributed by atoms with van der Waals surface area (Å²) >= 11 is 0. The van der Waals surface area contributed by atoms with Gasteiger partial charge in [-0.05, 0) is 6.92 Å². The number of hydrogen-bond donors (Lipinski definition) is 0. The Bertz CT molecular complexity index is 41.4. The molecule has 0 aromatic rings. The summed E-state index contributed by atoms with van der Waals surface area (Å²) in [5, 5.41) is 1.81. The van der Waals surface area contributed by atoms with Crippen LogP contribution in [0.3, 0.4) is 0 Å². The Labute approximate surface area is 50.5 Å². The lowest BCUT2D eigenvalue weighted by atomic mass is 10.8. The van der Waals surface area contributed by atoms with E-state index < -0.39 is 0 Å². The number of rotatable bonds is 3. The first-order valence-electron chi connectivity index (χ1n) is 2.65.